The fourth-order valence-electron chi connectivity index (χ4n) is 1.17. The molecule has 0 saturated carbocycles. The number of amides is 2. The molecule has 0 aliphatic carbocycles. The van der Waals surface area contributed by atoms with Gasteiger partial charge in [-0.3, -0.25) is 9.97 Å². The van der Waals surface area contributed by atoms with E-state index in [1.165, 1.54) is 0 Å². The van der Waals surface area contributed by atoms with Crippen LogP contribution in [-0.4, -0.2) is 16.0 Å². The fraction of sp³-hybridized carbons (Fsp3) is 0. The number of pyridine rings is 2. The molecule has 2 amide bonds. The van der Waals surface area contributed by atoms with E-state index in [0.29, 0.717) is 11.4 Å². The number of urea groups is 1. The Balaban J connectivity index is 1.95. The van der Waals surface area contributed by atoms with Gasteiger partial charge in [0.25, 0.3) is 0 Å². The number of nitrogens with one attached hydrogen (secondary N) is 2. The van der Waals surface area contributed by atoms with E-state index >= 15 is 0 Å². The zero-order valence-corrected chi connectivity index (χ0v) is 8.42. The van der Waals surface area contributed by atoms with E-state index in [1.807, 2.05) is 0 Å². The van der Waals surface area contributed by atoms with Crippen molar-refractivity contribution in [1.29, 1.82) is 0 Å². The van der Waals surface area contributed by atoms with Gasteiger partial charge in [0.2, 0.25) is 0 Å². The summed E-state index contributed by atoms with van der Waals surface area (Å²) in [6.07, 6.45) is 6.43. The van der Waals surface area contributed by atoms with E-state index in [2.05, 4.69) is 20.6 Å². The second-order valence-corrected chi connectivity index (χ2v) is 3.06. The average molecular weight is 214 g/mol. The zero-order valence-electron chi connectivity index (χ0n) is 8.42. The molecule has 5 heteroatoms. The van der Waals surface area contributed by atoms with Crippen LogP contribution in [0.5, 0.6) is 0 Å². The second kappa shape index (κ2) is 4.88. The standard InChI is InChI=1S/C11H10N4O/c16-11(14-9-3-1-5-12-7-9)15-10-4-2-6-13-8-10/h1-8H,(H2,14,15,16). The summed E-state index contributed by atoms with van der Waals surface area (Å²) in [7, 11) is 0. The molecule has 0 radical (unpaired) electrons. The van der Waals surface area contributed by atoms with Gasteiger partial charge in [0.1, 0.15) is 0 Å². The van der Waals surface area contributed by atoms with Crippen molar-refractivity contribution in [3.8, 4) is 0 Å². The van der Waals surface area contributed by atoms with Crippen LogP contribution in [0.3, 0.4) is 0 Å². The molecule has 0 spiro atoms. The molecule has 16 heavy (non-hydrogen) atoms. The smallest absolute Gasteiger partial charge is 0.306 e. The summed E-state index contributed by atoms with van der Waals surface area (Å²) in [6.45, 7) is 0. The van der Waals surface area contributed by atoms with Crippen LogP contribution in [0.4, 0.5) is 16.2 Å². The Morgan fingerprint density at radius 1 is 0.938 bits per heavy atom. The number of anilines is 2. The fourth-order valence-corrected chi connectivity index (χ4v) is 1.17. The maximum atomic E-state index is 11.5. The first kappa shape index (κ1) is 10.1. The van der Waals surface area contributed by atoms with E-state index in [4.69, 9.17) is 0 Å². The van der Waals surface area contributed by atoms with Crippen LogP contribution in [0.25, 0.3) is 0 Å². The predicted octanol–water partition coefficient (Wildman–Crippen LogP) is 2.12. The number of rotatable bonds is 2. The normalized spacial score (nSPS) is 9.50. The van der Waals surface area contributed by atoms with E-state index in [1.54, 1.807) is 49.1 Å². The van der Waals surface area contributed by atoms with Gasteiger partial charge in [-0.25, -0.2) is 4.79 Å². The quantitative estimate of drug-likeness (QED) is 0.804. The maximum Gasteiger partial charge on any atom is 0.323 e. The van der Waals surface area contributed by atoms with Crippen molar-refractivity contribution in [2.45, 2.75) is 0 Å². The van der Waals surface area contributed by atoms with Gasteiger partial charge in [0.15, 0.2) is 0 Å². The van der Waals surface area contributed by atoms with E-state index in [0.717, 1.165) is 0 Å². The predicted molar refractivity (Wildman–Crippen MR) is 61.1 cm³/mol. The van der Waals surface area contributed by atoms with Crippen LogP contribution in [-0.2, 0) is 0 Å². The van der Waals surface area contributed by atoms with Gasteiger partial charge in [-0.2, -0.15) is 0 Å². The van der Waals surface area contributed by atoms with Crippen molar-refractivity contribution < 1.29 is 4.79 Å². The lowest BCUT2D eigenvalue weighted by molar-refractivity contribution is 0.262. The van der Waals surface area contributed by atoms with Crippen molar-refractivity contribution in [2.75, 3.05) is 10.6 Å². The SMILES string of the molecule is O=C(Nc1cccnc1)Nc1cccnc1. The largest absolute Gasteiger partial charge is 0.323 e. The van der Waals surface area contributed by atoms with E-state index in [9.17, 15) is 4.79 Å². The first-order chi connectivity index (χ1) is 7.84. The van der Waals surface area contributed by atoms with Crippen LogP contribution in [0.15, 0.2) is 49.1 Å². The Morgan fingerprint density at radius 2 is 1.44 bits per heavy atom. The first-order valence-corrected chi connectivity index (χ1v) is 4.72. The number of aromatic nitrogens is 2. The third kappa shape index (κ3) is 2.78. The lowest BCUT2D eigenvalue weighted by Gasteiger charge is -2.06. The van der Waals surface area contributed by atoms with E-state index < -0.39 is 0 Å². The zero-order chi connectivity index (χ0) is 11.2. The van der Waals surface area contributed by atoms with Crippen LogP contribution in [0, 0.1) is 0 Å². The summed E-state index contributed by atoms with van der Waals surface area (Å²) in [4.78, 5) is 19.3. The molecule has 2 heterocycles. The molecule has 5 nitrogen and oxygen atoms in total. The molecule has 0 aromatic carbocycles. The Bertz CT molecular complexity index is 414. The highest BCUT2D eigenvalue weighted by Gasteiger charge is 2.01. The number of carbonyl (C=O) groups is 1. The number of carbonyl (C=O) groups excluding carboxylic acids is 1. The molecule has 2 N–H and O–H groups in total. The van der Waals surface area contributed by atoms with Gasteiger partial charge in [0.05, 0.1) is 23.8 Å². The van der Waals surface area contributed by atoms with Crippen molar-refractivity contribution in [1.82, 2.24) is 9.97 Å². The molecule has 0 atom stereocenters. The number of hydrogen-bond donors (Lipinski definition) is 2. The number of nitrogens with zero attached hydrogens (tertiary/aromatic N) is 2. The molecular weight excluding hydrogens is 204 g/mol. The Kier molecular flexibility index (Phi) is 3.08. The van der Waals surface area contributed by atoms with Crippen LogP contribution in [0.1, 0.15) is 0 Å². The summed E-state index contributed by atoms with van der Waals surface area (Å²) in [6, 6.07) is 6.70. The lowest BCUT2D eigenvalue weighted by atomic mass is 10.4. The van der Waals surface area contributed by atoms with Gasteiger partial charge < -0.3 is 10.6 Å². The Labute approximate surface area is 92.6 Å². The van der Waals surface area contributed by atoms with Gasteiger partial charge in [-0.05, 0) is 24.3 Å². The molecule has 0 saturated heterocycles. The van der Waals surface area contributed by atoms with Gasteiger partial charge in [-0.1, -0.05) is 0 Å². The molecule has 0 fully saturated rings. The van der Waals surface area contributed by atoms with Crippen LogP contribution in [0.2, 0.25) is 0 Å². The molecule has 2 rings (SSSR count). The maximum absolute atomic E-state index is 11.5. The Morgan fingerprint density at radius 3 is 1.81 bits per heavy atom. The highest BCUT2D eigenvalue weighted by atomic mass is 16.2. The lowest BCUT2D eigenvalue weighted by Crippen LogP contribution is -2.19. The summed E-state index contributed by atoms with van der Waals surface area (Å²) in [5, 5.41) is 5.30. The summed E-state index contributed by atoms with van der Waals surface area (Å²) in [5.74, 6) is 0. The molecular formula is C11H10N4O. The minimum atomic E-state index is -0.319. The third-order valence-corrected chi connectivity index (χ3v) is 1.84. The van der Waals surface area contributed by atoms with Crippen molar-refractivity contribution in [3.63, 3.8) is 0 Å². The topological polar surface area (TPSA) is 66.9 Å². The van der Waals surface area contributed by atoms with Crippen LogP contribution >= 0.6 is 0 Å². The molecule has 80 valence electrons. The monoisotopic (exact) mass is 214 g/mol. The highest BCUT2D eigenvalue weighted by molar-refractivity contribution is 5.99. The summed E-state index contributed by atoms with van der Waals surface area (Å²) < 4.78 is 0. The number of hydrogen-bond acceptors (Lipinski definition) is 3. The van der Waals surface area contributed by atoms with Gasteiger partial charge in [-0.15, -0.1) is 0 Å². The van der Waals surface area contributed by atoms with Gasteiger partial charge in [0, 0.05) is 12.4 Å². The van der Waals surface area contributed by atoms with Crippen molar-refractivity contribution in [2.24, 2.45) is 0 Å². The molecule has 0 aliphatic rings. The third-order valence-electron chi connectivity index (χ3n) is 1.84. The molecule has 2 aromatic rings. The van der Waals surface area contributed by atoms with Crippen molar-refractivity contribution in [3.05, 3.63) is 49.1 Å². The minimum Gasteiger partial charge on any atom is -0.306 e. The van der Waals surface area contributed by atoms with Crippen LogP contribution < -0.4 is 10.6 Å². The minimum absolute atomic E-state index is 0.319. The summed E-state index contributed by atoms with van der Waals surface area (Å²) >= 11 is 0. The highest BCUT2D eigenvalue weighted by Crippen LogP contribution is 2.06. The molecule has 0 unspecified atom stereocenters. The first-order valence-electron chi connectivity index (χ1n) is 4.72. The molecule has 2 aromatic heterocycles. The Hall–Kier alpha value is -2.43. The molecule has 0 aliphatic heterocycles. The van der Waals surface area contributed by atoms with Crippen molar-refractivity contribution >= 4 is 17.4 Å². The second-order valence-electron chi connectivity index (χ2n) is 3.06. The van der Waals surface area contributed by atoms with E-state index in [-0.39, 0.29) is 6.03 Å². The average Bonchev–Trinajstić information content (AvgIpc) is 2.31. The van der Waals surface area contributed by atoms with Gasteiger partial charge >= 0.3 is 6.03 Å². The molecule has 0 bridgehead atoms. The summed E-state index contributed by atoms with van der Waals surface area (Å²) in [5.41, 5.74) is 1.28.